The van der Waals surface area contributed by atoms with Crippen LogP contribution in [0.1, 0.15) is 5.56 Å². The highest BCUT2D eigenvalue weighted by Crippen LogP contribution is 2.25. The number of rotatable bonds is 5. The van der Waals surface area contributed by atoms with Gasteiger partial charge in [-0.25, -0.2) is 4.99 Å². The van der Waals surface area contributed by atoms with Crippen LogP contribution in [0.2, 0.25) is 0 Å². The lowest BCUT2D eigenvalue weighted by Gasteiger charge is -2.09. The van der Waals surface area contributed by atoms with Gasteiger partial charge in [0, 0.05) is 17.3 Å². The number of benzene rings is 2. The number of guanidine groups is 1. The first kappa shape index (κ1) is 18.1. The minimum atomic E-state index is 0. The zero-order valence-electron chi connectivity index (χ0n) is 12.6. The van der Waals surface area contributed by atoms with Gasteiger partial charge < -0.3 is 20.5 Å². The van der Waals surface area contributed by atoms with Crippen LogP contribution in [0.15, 0.2) is 53.5 Å². The Morgan fingerprint density at radius 2 is 1.82 bits per heavy atom. The molecule has 2 rings (SSSR count). The van der Waals surface area contributed by atoms with Crippen molar-refractivity contribution in [1.29, 1.82) is 0 Å². The molecule has 22 heavy (non-hydrogen) atoms. The van der Waals surface area contributed by atoms with E-state index in [1.807, 2.05) is 48.5 Å². The summed E-state index contributed by atoms with van der Waals surface area (Å²) in [6.07, 6.45) is 0. The van der Waals surface area contributed by atoms with E-state index in [1.165, 1.54) is 0 Å². The average molecular weight is 413 g/mol. The molecule has 0 aromatic heterocycles. The lowest BCUT2D eigenvalue weighted by Crippen LogP contribution is -2.22. The summed E-state index contributed by atoms with van der Waals surface area (Å²) in [4.78, 5) is 4.32. The van der Waals surface area contributed by atoms with E-state index < -0.39 is 0 Å². The first-order chi connectivity index (χ1) is 10.2. The molecule has 0 saturated heterocycles. The molecule has 0 aliphatic carbocycles. The van der Waals surface area contributed by atoms with E-state index in [4.69, 9.17) is 15.2 Å². The summed E-state index contributed by atoms with van der Waals surface area (Å²) < 4.78 is 10.5. The highest BCUT2D eigenvalue weighted by atomic mass is 127. The Hall–Kier alpha value is -1.96. The molecule has 118 valence electrons. The van der Waals surface area contributed by atoms with E-state index in [0.29, 0.717) is 12.5 Å². The van der Waals surface area contributed by atoms with Gasteiger partial charge in [-0.05, 0) is 24.3 Å². The topological polar surface area (TPSA) is 68.9 Å². The number of hydrogen-bond acceptors (Lipinski definition) is 3. The summed E-state index contributed by atoms with van der Waals surface area (Å²) in [5, 5.41) is 3.03. The van der Waals surface area contributed by atoms with E-state index in [2.05, 4.69) is 10.3 Å². The smallest absolute Gasteiger partial charge is 0.193 e. The Bertz CT molecular complexity index is 618. The molecule has 0 saturated carbocycles. The molecule has 0 radical (unpaired) electrons. The molecule has 0 aliphatic rings. The van der Waals surface area contributed by atoms with Crippen molar-refractivity contribution in [3.8, 4) is 11.5 Å². The Labute approximate surface area is 147 Å². The van der Waals surface area contributed by atoms with Crippen molar-refractivity contribution in [3.63, 3.8) is 0 Å². The van der Waals surface area contributed by atoms with Gasteiger partial charge in [0.05, 0.1) is 20.8 Å². The van der Waals surface area contributed by atoms with Gasteiger partial charge in [-0.2, -0.15) is 0 Å². The van der Waals surface area contributed by atoms with Crippen molar-refractivity contribution in [2.45, 2.75) is 6.54 Å². The number of nitrogens with one attached hydrogen (secondary N) is 1. The highest BCUT2D eigenvalue weighted by molar-refractivity contribution is 14.0. The van der Waals surface area contributed by atoms with Gasteiger partial charge in [-0.3, -0.25) is 0 Å². The fraction of sp³-hybridized carbons (Fsp3) is 0.188. The van der Waals surface area contributed by atoms with Gasteiger partial charge in [-0.15, -0.1) is 24.0 Å². The number of para-hydroxylation sites is 1. The van der Waals surface area contributed by atoms with Crippen LogP contribution < -0.4 is 20.5 Å². The summed E-state index contributed by atoms with van der Waals surface area (Å²) in [7, 11) is 3.24. The number of nitrogens with zero attached hydrogens (tertiary/aromatic N) is 1. The van der Waals surface area contributed by atoms with Crippen molar-refractivity contribution in [1.82, 2.24) is 0 Å². The molecule has 0 bridgehead atoms. The van der Waals surface area contributed by atoms with Gasteiger partial charge in [0.25, 0.3) is 0 Å². The van der Waals surface area contributed by atoms with E-state index in [9.17, 15) is 0 Å². The van der Waals surface area contributed by atoms with Crippen LogP contribution in [0.5, 0.6) is 11.5 Å². The van der Waals surface area contributed by atoms with E-state index in [1.54, 1.807) is 14.2 Å². The second-order valence-electron chi connectivity index (χ2n) is 4.37. The first-order valence-corrected chi connectivity index (χ1v) is 6.56. The molecule has 5 nitrogen and oxygen atoms in total. The number of anilines is 1. The lowest BCUT2D eigenvalue weighted by atomic mass is 10.2. The summed E-state index contributed by atoms with van der Waals surface area (Å²) in [6, 6.07) is 15.3. The Morgan fingerprint density at radius 1 is 1.09 bits per heavy atom. The minimum absolute atomic E-state index is 0. The predicted octanol–water partition coefficient (Wildman–Crippen LogP) is 3.25. The van der Waals surface area contributed by atoms with Crippen molar-refractivity contribution in [2.75, 3.05) is 19.5 Å². The molecule has 0 aliphatic heterocycles. The number of methoxy groups -OCH3 is 2. The van der Waals surface area contributed by atoms with Crippen molar-refractivity contribution >= 4 is 35.6 Å². The molecule has 0 amide bonds. The molecule has 0 atom stereocenters. The Balaban J connectivity index is 0.00000242. The minimum Gasteiger partial charge on any atom is -0.497 e. The number of nitrogens with two attached hydrogens (primary N) is 1. The van der Waals surface area contributed by atoms with Crippen LogP contribution in [-0.4, -0.2) is 20.2 Å². The summed E-state index contributed by atoms with van der Waals surface area (Å²) in [5.74, 6) is 1.83. The highest BCUT2D eigenvalue weighted by Gasteiger charge is 2.04. The molecule has 6 heteroatoms. The normalized spacial score (nSPS) is 10.5. The van der Waals surface area contributed by atoms with Crippen LogP contribution in [0.3, 0.4) is 0 Å². The maximum absolute atomic E-state index is 5.87. The zero-order chi connectivity index (χ0) is 15.1. The number of aliphatic imine (C=N–C) groups is 1. The maximum Gasteiger partial charge on any atom is 0.193 e. The molecule has 0 spiro atoms. The van der Waals surface area contributed by atoms with Crippen molar-refractivity contribution in [3.05, 3.63) is 54.1 Å². The van der Waals surface area contributed by atoms with E-state index >= 15 is 0 Å². The molecule has 2 aromatic carbocycles. The van der Waals surface area contributed by atoms with Crippen LogP contribution in [0, 0.1) is 0 Å². The standard InChI is InChI=1S/C16H19N3O2.HI/c1-20-14-9-8-12(15(10-14)21-2)11-18-16(17)19-13-6-4-3-5-7-13;/h3-10H,11H2,1-2H3,(H3,17,18,19);1H. The van der Waals surface area contributed by atoms with Gasteiger partial charge in [0.1, 0.15) is 11.5 Å². The number of halogens is 1. The second kappa shape index (κ2) is 9.14. The monoisotopic (exact) mass is 413 g/mol. The molecular weight excluding hydrogens is 393 g/mol. The first-order valence-electron chi connectivity index (χ1n) is 6.56. The van der Waals surface area contributed by atoms with E-state index in [0.717, 1.165) is 22.7 Å². The summed E-state index contributed by atoms with van der Waals surface area (Å²) >= 11 is 0. The van der Waals surface area contributed by atoms with Gasteiger partial charge in [0.15, 0.2) is 5.96 Å². The van der Waals surface area contributed by atoms with Crippen LogP contribution >= 0.6 is 24.0 Å². The summed E-state index contributed by atoms with van der Waals surface area (Å²) in [5.41, 5.74) is 7.72. The van der Waals surface area contributed by atoms with E-state index in [-0.39, 0.29) is 24.0 Å². The SMILES string of the molecule is COc1ccc(CN=C(N)Nc2ccccc2)c(OC)c1.I. The fourth-order valence-electron chi connectivity index (χ4n) is 1.86. The van der Waals surface area contributed by atoms with Crippen LogP contribution in [-0.2, 0) is 6.54 Å². The summed E-state index contributed by atoms with van der Waals surface area (Å²) in [6.45, 7) is 0.429. The fourth-order valence-corrected chi connectivity index (χ4v) is 1.86. The Kier molecular flexibility index (Phi) is 7.51. The zero-order valence-corrected chi connectivity index (χ0v) is 14.9. The molecular formula is C16H20IN3O2. The molecule has 0 unspecified atom stereocenters. The van der Waals surface area contributed by atoms with Crippen LogP contribution in [0.25, 0.3) is 0 Å². The number of ether oxygens (including phenoxy) is 2. The molecule has 3 N–H and O–H groups in total. The Morgan fingerprint density at radius 3 is 2.45 bits per heavy atom. The van der Waals surface area contributed by atoms with Crippen LogP contribution in [0.4, 0.5) is 5.69 Å². The van der Waals surface area contributed by atoms with Crippen molar-refractivity contribution in [2.24, 2.45) is 10.7 Å². The molecule has 0 heterocycles. The lowest BCUT2D eigenvalue weighted by molar-refractivity contribution is 0.391. The third kappa shape index (κ3) is 5.10. The maximum atomic E-state index is 5.87. The molecule has 2 aromatic rings. The number of hydrogen-bond donors (Lipinski definition) is 2. The largest absolute Gasteiger partial charge is 0.497 e. The van der Waals surface area contributed by atoms with Gasteiger partial charge in [0.2, 0.25) is 0 Å². The second-order valence-corrected chi connectivity index (χ2v) is 4.37. The third-order valence-corrected chi connectivity index (χ3v) is 2.96. The van der Waals surface area contributed by atoms with Crippen molar-refractivity contribution < 1.29 is 9.47 Å². The molecule has 0 fully saturated rings. The quantitative estimate of drug-likeness (QED) is 0.449. The third-order valence-electron chi connectivity index (χ3n) is 2.96. The predicted molar refractivity (Wildman–Crippen MR) is 100 cm³/mol. The average Bonchev–Trinajstić information content (AvgIpc) is 2.53. The van der Waals surface area contributed by atoms with Gasteiger partial charge in [-0.1, -0.05) is 18.2 Å². The van der Waals surface area contributed by atoms with Gasteiger partial charge >= 0.3 is 0 Å².